The van der Waals surface area contributed by atoms with E-state index in [9.17, 15) is 14.7 Å². The van der Waals surface area contributed by atoms with Crippen molar-refractivity contribution in [3.63, 3.8) is 0 Å². The molecule has 0 bridgehead atoms. The topological polar surface area (TPSA) is 82.1 Å². The summed E-state index contributed by atoms with van der Waals surface area (Å²) in [5.74, 6) is -0.948. The van der Waals surface area contributed by atoms with E-state index in [0.717, 1.165) is 0 Å². The summed E-state index contributed by atoms with van der Waals surface area (Å²) in [6, 6.07) is 0. The zero-order valence-corrected chi connectivity index (χ0v) is 10.6. The van der Waals surface area contributed by atoms with Crippen LogP contribution in [0.1, 0.15) is 27.2 Å². The smallest absolute Gasteiger partial charge is 0.303 e. The van der Waals surface area contributed by atoms with E-state index in [1.54, 1.807) is 6.92 Å². The van der Waals surface area contributed by atoms with Crippen molar-refractivity contribution in [3.8, 4) is 0 Å². The summed E-state index contributed by atoms with van der Waals surface area (Å²) in [6.45, 7) is 4.15. The molecular weight excluding hydrogens is 228 g/mol. The normalized spacial score (nSPS) is 15.8. The fourth-order valence-electron chi connectivity index (χ4n) is 1.21. The third kappa shape index (κ3) is 7.70. The second-order valence-electron chi connectivity index (χ2n) is 3.78. The molecule has 0 amide bonds. The van der Waals surface area contributed by atoms with Crippen LogP contribution < -0.4 is 0 Å². The van der Waals surface area contributed by atoms with E-state index in [1.165, 1.54) is 21.0 Å². The molecule has 6 nitrogen and oxygen atoms in total. The molecule has 0 aliphatic rings. The molecule has 100 valence electrons. The van der Waals surface area contributed by atoms with Crippen molar-refractivity contribution in [1.29, 1.82) is 0 Å². The van der Waals surface area contributed by atoms with Crippen molar-refractivity contribution in [2.75, 3.05) is 13.7 Å². The van der Waals surface area contributed by atoms with E-state index in [1.807, 2.05) is 0 Å². The monoisotopic (exact) mass is 248 g/mol. The summed E-state index contributed by atoms with van der Waals surface area (Å²) >= 11 is 0. The highest BCUT2D eigenvalue weighted by Crippen LogP contribution is 2.09. The molecule has 0 heterocycles. The number of aliphatic hydroxyl groups is 1. The Hall–Kier alpha value is -1.14. The van der Waals surface area contributed by atoms with Gasteiger partial charge in [-0.2, -0.15) is 0 Å². The predicted molar refractivity (Wildman–Crippen MR) is 59.3 cm³/mol. The third-order valence-electron chi connectivity index (χ3n) is 2.22. The fraction of sp³-hybridized carbons (Fsp3) is 0.818. The molecule has 0 aromatic rings. The summed E-state index contributed by atoms with van der Waals surface area (Å²) in [4.78, 5) is 21.5. The first-order chi connectivity index (χ1) is 7.86. The first kappa shape index (κ1) is 15.9. The molecule has 0 aliphatic heterocycles. The summed E-state index contributed by atoms with van der Waals surface area (Å²) in [6.07, 6.45) is -1.68. The number of esters is 2. The molecule has 0 saturated heterocycles. The maximum absolute atomic E-state index is 10.8. The average molecular weight is 248 g/mol. The molecular formula is C11H20O6. The lowest BCUT2D eigenvalue weighted by Crippen LogP contribution is -2.34. The van der Waals surface area contributed by atoms with Gasteiger partial charge in [-0.05, 0) is 6.92 Å². The molecule has 3 unspecified atom stereocenters. The van der Waals surface area contributed by atoms with Crippen LogP contribution in [-0.2, 0) is 23.8 Å². The molecule has 17 heavy (non-hydrogen) atoms. The quantitative estimate of drug-likeness (QED) is 0.651. The van der Waals surface area contributed by atoms with Crippen LogP contribution >= 0.6 is 0 Å². The Morgan fingerprint density at radius 1 is 1.24 bits per heavy atom. The zero-order chi connectivity index (χ0) is 13.4. The second-order valence-corrected chi connectivity index (χ2v) is 3.78. The number of hydrogen-bond donors (Lipinski definition) is 1. The number of carbonyl (C=O) groups is 2. The summed E-state index contributed by atoms with van der Waals surface area (Å²) < 4.78 is 14.6. The van der Waals surface area contributed by atoms with Crippen molar-refractivity contribution in [1.82, 2.24) is 0 Å². The zero-order valence-electron chi connectivity index (χ0n) is 10.6. The van der Waals surface area contributed by atoms with Gasteiger partial charge in [-0.1, -0.05) is 0 Å². The molecule has 0 aromatic heterocycles. The Morgan fingerprint density at radius 3 is 2.24 bits per heavy atom. The first-order valence-electron chi connectivity index (χ1n) is 5.38. The van der Waals surface area contributed by atoms with Crippen LogP contribution in [0.25, 0.3) is 0 Å². The molecule has 1 N–H and O–H groups in total. The molecule has 0 radical (unpaired) electrons. The minimum absolute atomic E-state index is 0.0671. The summed E-state index contributed by atoms with van der Waals surface area (Å²) in [5.41, 5.74) is 0. The lowest BCUT2D eigenvalue weighted by atomic mass is 10.1. The Kier molecular flexibility index (Phi) is 7.49. The van der Waals surface area contributed by atoms with Crippen molar-refractivity contribution in [2.45, 2.75) is 45.5 Å². The van der Waals surface area contributed by atoms with Gasteiger partial charge >= 0.3 is 11.9 Å². The van der Waals surface area contributed by atoms with E-state index >= 15 is 0 Å². The molecule has 0 saturated carbocycles. The summed E-state index contributed by atoms with van der Waals surface area (Å²) in [7, 11) is 1.47. The number of aliphatic hydroxyl groups excluding tert-OH is 1. The fourth-order valence-corrected chi connectivity index (χ4v) is 1.21. The van der Waals surface area contributed by atoms with Crippen LogP contribution in [0.2, 0.25) is 0 Å². The van der Waals surface area contributed by atoms with Gasteiger partial charge < -0.3 is 19.3 Å². The molecule has 0 aliphatic carbocycles. The van der Waals surface area contributed by atoms with Gasteiger partial charge in [0, 0.05) is 27.4 Å². The minimum atomic E-state index is -0.792. The third-order valence-corrected chi connectivity index (χ3v) is 2.22. The summed E-state index contributed by atoms with van der Waals surface area (Å²) in [5, 5.41) is 9.71. The van der Waals surface area contributed by atoms with Crippen molar-refractivity contribution >= 4 is 11.9 Å². The van der Waals surface area contributed by atoms with Crippen LogP contribution in [0.15, 0.2) is 0 Å². The lowest BCUT2D eigenvalue weighted by molar-refractivity contribution is -0.159. The van der Waals surface area contributed by atoms with Gasteiger partial charge in [-0.3, -0.25) is 9.59 Å². The lowest BCUT2D eigenvalue weighted by Gasteiger charge is -2.23. The standard InChI is InChI=1S/C11H20O6/c1-7(15-4)11(14)5-10(17-9(3)13)6-16-8(2)12/h7,10-11,14H,5-6H2,1-4H3. The molecule has 0 aromatic carbocycles. The highest BCUT2D eigenvalue weighted by Gasteiger charge is 2.22. The van der Waals surface area contributed by atoms with Crippen molar-refractivity contribution in [2.24, 2.45) is 0 Å². The number of ether oxygens (including phenoxy) is 3. The van der Waals surface area contributed by atoms with Crippen LogP contribution in [0, 0.1) is 0 Å². The van der Waals surface area contributed by atoms with Crippen molar-refractivity contribution < 1.29 is 28.9 Å². The molecule has 6 heteroatoms. The Balaban J connectivity index is 4.26. The van der Waals surface area contributed by atoms with E-state index in [-0.39, 0.29) is 19.1 Å². The highest BCUT2D eigenvalue weighted by atomic mass is 16.6. The highest BCUT2D eigenvalue weighted by molar-refractivity contribution is 5.67. The number of rotatable bonds is 7. The SMILES string of the molecule is COC(C)C(O)CC(COC(C)=O)OC(C)=O. The van der Waals surface area contributed by atoms with Gasteiger partial charge in [0.1, 0.15) is 12.7 Å². The Morgan fingerprint density at radius 2 is 1.82 bits per heavy atom. The molecule has 0 spiro atoms. The Labute approximate surface area is 101 Å². The van der Waals surface area contributed by atoms with Gasteiger partial charge in [-0.15, -0.1) is 0 Å². The van der Waals surface area contributed by atoms with Crippen LogP contribution in [0.5, 0.6) is 0 Å². The van der Waals surface area contributed by atoms with E-state index in [0.29, 0.717) is 0 Å². The molecule has 0 rings (SSSR count). The Bertz CT molecular complexity index is 252. The van der Waals surface area contributed by atoms with Gasteiger partial charge in [0.05, 0.1) is 12.2 Å². The molecule has 3 atom stereocenters. The number of hydrogen-bond acceptors (Lipinski definition) is 6. The van der Waals surface area contributed by atoms with E-state index in [2.05, 4.69) is 0 Å². The maximum atomic E-state index is 10.8. The molecule has 0 fully saturated rings. The first-order valence-corrected chi connectivity index (χ1v) is 5.38. The van der Waals surface area contributed by atoms with Crippen molar-refractivity contribution in [3.05, 3.63) is 0 Å². The minimum Gasteiger partial charge on any atom is -0.462 e. The van der Waals surface area contributed by atoms with E-state index < -0.39 is 24.1 Å². The van der Waals surface area contributed by atoms with E-state index in [4.69, 9.17) is 14.2 Å². The van der Waals surface area contributed by atoms with Crippen LogP contribution in [0.3, 0.4) is 0 Å². The van der Waals surface area contributed by atoms with Gasteiger partial charge in [0.25, 0.3) is 0 Å². The second kappa shape index (κ2) is 8.03. The maximum Gasteiger partial charge on any atom is 0.303 e. The van der Waals surface area contributed by atoms with Crippen LogP contribution in [-0.4, -0.2) is 49.1 Å². The van der Waals surface area contributed by atoms with Gasteiger partial charge in [0.2, 0.25) is 0 Å². The predicted octanol–water partition coefficient (Wildman–Crippen LogP) is 0.267. The number of methoxy groups -OCH3 is 1. The largest absolute Gasteiger partial charge is 0.462 e. The average Bonchev–Trinajstić information content (AvgIpc) is 2.23. The van der Waals surface area contributed by atoms with Gasteiger partial charge in [0.15, 0.2) is 0 Å². The van der Waals surface area contributed by atoms with Crippen LogP contribution in [0.4, 0.5) is 0 Å². The van der Waals surface area contributed by atoms with Gasteiger partial charge in [-0.25, -0.2) is 0 Å². The number of carbonyl (C=O) groups excluding carboxylic acids is 2.